The van der Waals surface area contributed by atoms with Crippen LogP contribution in [0.2, 0.25) is 0 Å². The van der Waals surface area contributed by atoms with Crippen LogP contribution in [0.25, 0.3) is 0 Å². The third-order valence-electron chi connectivity index (χ3n) is 5.46. The molecule has 41 heavy (non-hydrogen) atoms. The predicted molar refractivity (Wildman–Crippen MR) is 161 cm³/mol. The molecular formula is C30H43NO8S2. The average Bonchev–Trinajstić information content (AvgIpc) is 2.89. The Morgan fingerprint density at radius 2 is 1.56 bits per heavy atom. The van der Waals surface area contributed by atoms with Crippen molar-refractivity contribution in [3.8, 4) is 5.75 Å². The molecule has 2 aromatic carbocycles. The minimum absolute atomic E-state index is 0.00819. The van der Waals surface area contributed by atoms with Crippen LogP contribution < -0.4 is 10.1 Å². The van der Waals surface area contributed by atoms with E-state index in [0.29, 0.717) is 11.5 Å². The summed E-state index contributed by atoms with van der Waals surface area (Å²) >= 11 is 1.25. The predicted octanol–water partition coefficient (Wildman–Crippen LogP) is 5.72. The maximum Gasteiger partial charge on any atom is 0.407 e. The molecule has 0 saturated carbocycles. The normalized spacial score (nSPS) is 13.6. The van der Waals surface area contributed by atoms with E-state index in [0.717, 1.165) is 11.1 Å². The first-order chi connectivity index (χ1) is 19.1. The molecule has 0 spiro atoms. The molecule has 0 bridgehead atoms. The number of benzene rings is 2. The highest BCUT2D eigenvalue weighted by atomic mass is 32.2. The van der Waals surface area contributed by atoms with E-state index >= 15 is 0 Å². The molecule has 0 aliphatic carbocycles. The number of methoxy groups -OCH3 is 1. The highest BCUT2D eigenvalue weighted by molar-refractivity contribution is 7.99. The van der Waals surface area contributed by atoms with Gasteiger partial charge in [-0.3, -0.25) is 8.98 Å². The van der Waals surface area contributed by atoms with Gasteiger partial charge in [0, 0.05) is 5.75 Å². The fourth-order valence-corrected chi connectivity index (χ4v) is 5.81. The van der Waals surface area contributed by atoms with E-state index in [-0.39, 0.29) is 25.0 Å². The standard InChI is InChI=1S/C30H43NO8S2/c1-29(2,3)21-38-41(34,35)18-17-25(31-28(33)37-19-22-11-9-8-10-12-22)26(27(32)39-30(4,5)6)40-20-23-13-15-24(36-7)16-14-23/h8-16,25-26H,17-21H2,1-7H3,(H,31,33)/t25-,26-/m1/s1. The number of carbonyl (C=O) groups excluding carboxylic acids is 2. The lowest BCUT2D eigenvalue weighted by atomic mass is 9.99. The maximum atomic E-state index is 13.4. The molecule has 0 radical (unpaired) electrons. The lowest BCUT2D eigenvalue weighted by Crippen LogP contribution is -2.48. The minimum atomic E-state index is -3.94. The first-order valence-electron chi connectivity index (χ1n) is 13.4. The number of alkyl carbamates (subject to hydrolysis) is 1. The van der Waals surface area contributed by atoms with Crippen LogP contribution >= 0.6 is 11.8 Å². The molecular weight excluding hydrogens is 566 g/mol. The fourth-order valence-electron chi connectivity index (χ4n) is 3.43. The molecule has 0 aliphatic heterocycles. The molecule has 1 amide bonds. The van der Waals surface area contributed by atoms with Crippen LogP contribution in [0.15, 0.2) is 54.6 Å². The van der Waals surface area contributed by atoms with Gasteiger partial charge in [-0.1, -0.05) is 63.2 Å². The molecule has 2 atom stereocenters. The maximum absolute atomic E-state index is 13.4. The molecule has 228 valence electrons. The summed E-state index contributed by atoms with van der Waals surface area (Å²) < 4.78 is 47.0. The Morgan fingerprint density at radius 3 is 2.12 bits per heavy atom. The second-order valence-corrected chi connectivity index (χ2v) is 14.7. The van der Waals surface area contributed by atoms with Crippen LogP contribution in [-0.4, -0.2) is 56.8 Å². The van der Waals surface area contributed by atoms with Gasteiger partial charge in [0.2, 0.25) is 0 Å². The van der Waals surface area contributed by atoms with Gasteiger partial charge in [0.05, 0.1) is 25.5 Å². The number of esters is 1. The number of thioether (sulfide) groups is 1. The van der Waals surface area contributed by atoms with Crippen molar-refractivity contribution in [2.24, 2.45) is 5.41 Å². The Labute approximate surface area is 248 Å². The lowest BCUT2D eigenvalue weighted by Gasteiger charge is -2.29. The zero-order valence-electron chi connectivity index (χ0n) is 25.0. The van der Waals surface area contributed by atoms with E-state index in [1.165, 1.54) is 11.8 Å². The number of amides is 1. The van der Waals surface area contributed by atoms with Gasteiger partial charge in [0.25, 0.3) is 10.1 Å². The fraction of sp³-hybridized carbons (Fsp3) is 0.533. The summed E-state index contributed by atoms with van der Waals surface area (Å²) in [4.78, 5) is 26.3. The van der Waals surface area contributed by atoms with Crippen LogP contribution in [0.4, 0.5) is 4.79 Å². The summed E-state index contributed by atoms with van der Waals surface area (Å²) in [6, 6.07) is 15.6. The van der Waals surface area contributed by atoms with Gasteiger partial charge in [-0.15, -0.1) is 11.8 Å². The molecule has 0 unspecified atom stereocenters. The average molecular weight is 610 g/mol. The number of hydrogen-bond acceptors (Lipinski definition) is 9. The van der Waals surface area contributed by atoms with Gasteiger partial charge in [0.15, 0.2) is 0 Å². The van der Waals surface area contributed by atoms with Crippen molar-refractivity contribution in [2.75, 3.05) is 19.5 Å². The van der Waals surface area contributed by atoms with Crippen LogP contribution in [-0.2, 0) is 40.9 Å². The van der Waals surface area contributed by atoms with Gasteiger partial charge in [-0.2, -0.15) is 8.42 Å². The molecule has 0 aliphatic rings. The van der Waals surface area contributed by atoms with Gasteiger partial charge < -0.3 is 19.5 Å². The number of carbonyl (C=O) groups is 2. The highest BCUT2D eigenvalue weighted by Crippen LogP contribution is 2.27. The Morgan fingerprint density at radius 1 is 0.927 bits per heavy atom. The first-order valence-corrected chi connectivity index (χ1v) is 16.0. The Bertz CT molecular complexity index is 1200. The van der Waals surface area contributed by atoms with Gasteiger partial charge in [-0.25, -0.2) is 4.79 Å². The van der Waals surface area contributed by atoms with E-state index in [1.807, 2.05) is 75.4 Å². The van der Waals surface area contributed by atoms with Crippen molar-refractivity contribution in [2.45, 2.75) is 77.2 Å². The lowest BCUT2D eigenvalue weighted by molar-refractivity contribution is -0.154. The molecule has 1 N–H and O–H groups in total. The summed E-state index contributed by atoms with van der Waals surface area (Å²) in [6.45, 7) is 10.9. The first kappa shape index (κ1) is 34.4. The number of ether oxygens (including phenoxy) is 3. The van der Waals surface area contributed by atoms with Crippen molar-refractivity contribution in [3.05, 3.63) is 65.7 Å². The summed E-state index contributed by atoms with van der Waals surface area (Å²) in [5.41, 5.74) is 0.543. The van der Waals surface area contributed by atoms with Crippen molar-refractivity contribution in [1.29, 1.82) is 0 Å². The van der Waals surface area contributed by atoms with Crippen molar-refractivity contribution in [3.63, 3.8) is 0 Å². The van der Waals surface area contributed by atoms with E-state index in [2.05, 4.69) is 5.32 Å². The van der Waals surface area contributed by atoms with Gasteiger partial charge in [-0.05, 0) is 55.9 Å². The zero-order valence-corrected chi connectivity index (χ0v) is 26.6. The smallest absolute Gasteiger partial charge is 0.407 e. The number of hydrogen-bond donors (Lipinski definition) is 1. The van der Waals surface area contributed by atoms with Crippen LogP contribution in [0, 0.1) is 5.41 Å². The number of nitrogens with one attached hydrogen (secondary N) is 1. The molecule has 0 saturated heterocycles. The van der Waals surface area contributed by atoms with Crippen LogP contribution in [0.5, 0.6) is 5.75 Å². The Balaban J connectivity index is 2.28. The monoisotopic (exact) mass is 609 g/mol. The summed E-state index contributed by atoms with van der Waals surface area (Å²) in [7, 11) is -2.36. The Kier molecular flexibility index (Phi) is 13.0. The zero-order chi connectivity index (χ0) is 30.7. The SMILES string of the molecule is COc1ccc(CS[C@@H](C(=O)OC(C)(C)C)[C@@H](CCS(=O)(=O)OCC(C)(C)C)NC(=O)OCc2ccccc2)cc1. The minimum Gasteiger partial charge on any atom is -0.497 e. The second-order valence-electron chi connectivity index (χ2n) is 11.8. The van der Waals surface area contributed by atoms with E-state index in [4.69, 9.17) is 18.4 Å². The Hall–Kier alpha value is -2.76. The van der Waals surface area contributed by atoms with Crippen molar-refractivity contribution >= 4 is 33.9 Å². The van der Waals surface area contributed by atoms with Gasteiger partial charge in [0.1, 0.15) is 23.2 Å². The molecule has 2 rings (SSSR count). The largest absolute Gasteiger partial charge is 0.497 e. The molecule has 9 nitrogen and oxygen atoms in total. The quantitative estimate of drug-likeness (QED) is 0.212. The summed E-state index contributed by atoms with van der Waals surface area (Å²) in [6.07, 6.45) is -0.864. The molecule has 0 fully saturated rings. The number of rotatable bonds is 14. The molecule has 11 heteroatoms. The van der Waals surface area contributed by atoms with Gasteiger partial charge >= 0.3 is 12.1 Å². The van der Waals surface area contributed by atoms with E-state index < -0.39 is 44.8 Å². The third-order valence-corrected chi connectivity index (χ3v) is 8.05. The van der Waals surface area contributed by atoms with E-state index in [1.54, 1.807) is 27.9 Å². The topological polar surface area (TPSA) is 117 Å². The van der Waals surface area contributed by atoms with Crippen LogP contribution in [0.1, 0.15) is 59.1 Å². The summed E-state index contributed by atoms with van der Waals surface area (Å²) in [5, 5.41) is 1.80. The molecule has 0 aromatic heterocycles. The molecule has 2 aromatic rings. The molecule has 0 heterocycles. The second kappa shape index (κ2) is 15.5. The summed E-state index contributed by atoms with van der Waals surface area (Å²) in [5.74, 6) is 0.119. The highest BCUT2D eigenvalue weighted by Gasteiger charge is 2.35. The van der Waals surface area contributed by atoms with Crippen molar-refractivity contribution in [1.82, 2.24) is 5.32 Å². The third kappa shape index (κ3) is 14.1. The van der Waals surface area contributed by atoms with Crippen LogP contribution in [0.3, 0.4) is 0 Å². The van der Waals surface area contributed by atoms with Crippen molar-refractivity contribution < 1.29 is 36.4 Å². The van der Waals surface area contributed by atoms with E-state index in [9.17, 15) is 18.0 Å².